The zero-order valence-corrected chi connectivity index (χ0v) is 12.5. The molecule has 1 aromatic carbocycles. The number of rotatable bonds is 5. The Morgan fingerprint density at radius 1 is 1.50 bits per heavy atom. The van der Waals surface area contributed by atoms with Gasteiger partial charge in [-0.05, 0) is 59.9 Å². The highest BCUT2D eigenvalue weighted by Crippen LogP contribution is 2.33. The number of hydrogen-bond donors (Lipinski definition) is 1. The van der Waals surface area contributed by atoms with Crippen molar-refractivity contribution >= 4 is 28.6 Å². The van der Waals surface area contributed by atoms with Crippen LogP contribution in [0.1, 0.15) is 37.9 Å². The second kappa shape index (κ2) is 6.02. The lowest BCUT2D eigenvalue weighted by molar-refractivity contribution is -0.154. The average Bonchev–Trinajstić information content (AvgIpc) is 3.12. The quantitative estimate of drug-likeness (QED) is 0.649. The number of ether oxygens (including phenoxy) is 1. The molecular formula is C14H17IO3. The molecule has 0 saturated heterocycles. The molecule has 0 aliphatic heterocycles. The molecule has 1 aliphatic carbocycles. The summed E-state index contributed by atoms with van der Waals surface area (Å²) in [5.41, 5.74) is 0.810. The van der Waals surface area contributed by atoms with Gasteiger partial charge >= 0.3 is 5.97 Å². The lowest BCUT2D eigenvalue weighted by atomic mass is 10.1. The van der Waals surface area contributed by atoms with Gasteiger partial charge in [0.1, 0.15) is 12.2 Å². The third kappa shape index (κ3) is 3.68. The SMILES string of the molecule is C[C@H](OC(=O)CC1CC1)[C@@H](O)c1ccccc1I. The van der Waals surface area contributed by atoms with E-state index in [1.165, 1.54) is 0 Å². The highest BCUT2D eigenvalue weighted by molar-refractivity contribution is 14.1. The number of carbonyl (C=O) groups is 1. The van der Waals surface area contributed by atoms with Crippen molar-refractivity contribution < 1.29 is 14.6 Å². The maximum Gasteiger partial charge on any atom is 0.306 e. The lowest BCUT2D eigenvalue weighted by Crippen LogP contribution is -2.23. The van der Waals surface area contributed by atoms with Crippen LogP contribution in [-0.4, -0.2) is 17.2 Å². The second-order valence-corrected chi connectivity index (χ2v) is 5.97. The summed E-state index contributed by atoms with van der Waals surface area (Å²) in [4.78, 5) is 11.6. The van der Waals surface area contributed by atoms with Gasteiger partial charge in [-0.2, -0.15) is 0 Å². The van der Waals surface area contributed by atoms with E-state index < -0.39 is 12.2 Å². The van der Waals surface area contributed by atoms with Crippen LogP contribution in [0, 0.1) is 9.49 Å². The molecule has 4 heteroatoms. The van der Waals surface area contributed by atoms with Crippen molar-refractivity contribution in [1.29, 1.82) is 0 Å². The fourth-order valence-corrected chi connectivity index (χ4v) is 2.55. The topological polar surface area (TPSA) is 46.5 Å². The average molecular weight is 360 g/mol. The minimum atomic E-state index is -0.763. The molecule has 98 valence electrons. The van der Waals surface area contributed by atoms with Crippen LogP contribution < -0.4 is 0 Å². The van der Waals surface area contributed by atoms with Gasteiger partial charge in [0, 0.05) is 9.99 Å². The Bertz CT molecular complexity index is 429. The minimum Gasteiger partial charge on any atom is -0.460 e. The molecule has 2 atom stereocenters. The molecule has 3 nitrogen and oxygen atoms in total. The van der Waals surface area contributed by atoms with Gasteiger partial charge in [-0.25, -0.2) is 0 Å². The largest absolute Gasteiger partial charge is 0.460 e. The molecule has 1 aromatic rings. The zero-order chi connectivity index (χ0) is 13.1. The van der Waals surface area contributed by atoms with Crippen LogP contribution in [0.3, 0.4) is 0 Å². The normalized spacial score (nSPS) is 18.2. The molecule has 1 aliphatic rings. The van der Waals surface area contributed by atoms with Crippen LogP contribution in [0.5, 0.6) is 0 Å². The number of esters is 1. The summed E-state index contributed by atoms with van der Waals surface area (Å²) in [6, 6.07) is 7.58. The van der Waals surface area contributed by atoms with Gasteiger partial charge in [0.05, 0.1) is 0 Å². The van der Waals surface area contributed by atoms with E-state index in [1.54, 1.807) is 6.92 Å². The molecule has 1 N–H and O–H groups in total. The molecule has 2 rings (SSSR count). The Balaban J connectivity index is 1.93. The first-order valence-corrected chi connectivity index (χ1v) is 7.27. The Hall–Kier alpha value is -0.620. The Morgan fingerprint density at radius 2 is 2.17 bits per heavy atom. The lowest BCUT2D eigenvalue weighted by Gasteiger charge is -2.20. The summed E-state index contributed by atoms with van der Waals surface area (Å²) >= 11 is 2.17. The Labute approximate surface area is 121 Å². The van der Waals surface area contributed by atoms with Crippen molar-refractivity contribution in [2.45, 2.75) is 38.4 Å². The molecule has 0 spiro atoms. The maximum absolute atomic E-state index is 11.6. The van der Waals surface area contributed by atoms with E-state index in [0.717, 1.165) is 22.0 Å². The summed E-state index contributed by atoms with van der Waals surface area (Å²) in [5.74, 6) is 0.314. The molecule has 0 amide bonds. The Morgan fingerprint density at radius 3 is 2.78 bits per heavy atom. The standard InChI is InChI=1S/C14H17IO3/c1-9(18-13(16)8-10-6-7-10)14(17)11-4-2-3-5-12(11)15/h2-5,9-10,14,17H,6-8H2,1H3/t9-,14+/m0/s1. The number of halogens is 1. The predicted octanol–water partition coefficient (Wildman–Crippen LogP) is 3.06. The maximum atomic E-state index is 11.6. The molecule has 0 heterocycles. The van der Waals surface area contributed by atoms with E-state index in [0.29, 0.717) is 12.3 Å². The zero-order valence-electron chi connectivity index (χ0n) is 10.3. The molecule has 1 fully saturated rings. The van der Waals surface area contributed by atoms with Crippen LogP contribution in [0.15, 0.2) is 24.3 Å². The van der Waals surface area contributed by atoms with Crippen molar-refractivity contribution in [3.63, 3.8) is 0 Å². The van der Waals surface area contributed by atoms with Gasteiger partial charge in [0.2, 0.25) is 0 Å². The molecule has 0 bridgehead atoms. The van der Waals surface area contributed by atoms with Gasteiger partial charge in [-0.1, -0.05) is 18.2 Å². The first-order chi connectivity index (χ1) is 8.58. The molecule has 18 heavy (non-hydrogen) atoms. The number of aliphatic hydroxyl groups excluding tert-OH is 1. The van der Waals surface area contributed by atoms with Crippen LogP contribution in [-0.2, 0) is 9.53 Å². The number of carbonyl (C=O) groups excluding carboxylic acids is 1. The van der Waals surface area contributed by atoms with Gasteiger partial charge in [0.15, 0.2) is 0 Å². The van der Waals surface area contributed by atoms with Crippen molar-refractivity contribution in [2.24, 2.45) is 5.92 Å². The highest BCUT2D eigenvalue weighted by atomic mass is 127. The molecule has 1 saturated carbocycles. The van der Waals surface area contributed by atoms with E-state index in [-0.39, 0.29) is 5.97 Å². The number of hydrogen-bond acceptors (Lipinski definition) is 3. The van der Waals surface area contributed by atoms with Crippen LogP contribution in [0.4, 0.5) is 0 Å². The van der Waals surface area contributed by atoms with E-state index in [4.69, 9.17) is 4.74 Å². The van der Waals surface area contributed by atoms with E-state index >= 15 is 0 Å². The molecule has 0 radical (unpaired) electrons. The van der Waals surface area contributed by atoms with Gasteiger partial charge in [0.25, 0.3) is 0 Å². The second-order valence-electron chi connectivity index (χ2n) is 4.81. The fraction of sp³-hybridized carbons (Fsp3) is 0.500. The highest BCUT2D eigenvalue weighted by Gasteiger charge is 2.28. The first kappa shape index (κ1) is 13.8. The van der Waals surface area contributed by atoms with Gasteiger partial charge in [-0.15, -0.1) is 0 Å². The van der Waals surface area contributed by atoms with E-state index in [2.05, 4.69) is 22.6 Å². The monoisotopic (exact) mass is 360 g/mol. The fourth-order valence-electron chi connectivity index (χ4n) is 1.85. The van der Waals surface area contributed by atoms with Gasteiger partial charge < -0.3 is 9.84 Å². The Kier molecular flexibility index (Phi) is 4.61. The van der Waals surface area contributed by atoms with E-state index in [1.807, 2.05) is 24.3 Å². The van der Waals surface area contributed by atoms with Crippen molar-refractivity contribution in [3.8, 4) is 0 Å². The summed E-state index contributed by atoms with van der Waals surface area (Å²) in [6.45, 7) is 1.73. The van der Waals surface area contributed by atoms with Crippen LogP contribution in [0.25, 0.3) is 0 Å². The first-order valence-electron chi connectivity index (χ1n) is 6.20. The van der Waals surface area contributed by atoms with Crippen molar-refractivity contribution in [2.75, 3.05) is 0 Å². The third-order valence-corrected chi connectivity index (χ3v) is 4.12. The number of benzene rings is 1. The summed E-state index contributed by atoms with van der Waals surface area (Å²) < 4.78 is 6.26. The summed E-state index contributed by atoms with van der Waals surface area (Å²) in [7, 11) is 0. The molecule has 0 unspecified atom stereocenters. The summed E-state index contributed by atoms with van der Waals surface area (Å²) in [5, 5.41) is 10.2. The summed E-state index contributed by atoms with van der Waals surface area (Å²) in [6.07, 6.45) is 1.47. The number of aliphatic hydroxyl groups is 1. The van der Waals surface area contributed by atoms with Crippen LogP contribution in [0.2, 0.25) is 0 Å². The molecule has 0 aromatic heterocycles. The van der Waals surface area contributed by atoms with Crippen molar-refractivity contribution in [1.82, 2.24) is 0 Å². The third-order valence-electron chi connectivity index (χ3n) is 3.14. The van der Waals surface area contributed by atoms with Crippen LogP contribution >= 0.6 is 22.6 Å². The van der Waals surface area contributed by atoms with Gasteiger partial charge in [-0.3, -0.25) is 4.79 Å². The van der Waals surface area contributed by atoms with Crippen molar-refractivity contribution in [3.05, 3.63) is 33.4 Å². The minimum absolute atomic E-state index is 0.199. The molecular weight excluding hydrogens is 343 g/mol. The predicted molar refractivity (Wildman–Crippen MR) is 77.0 cm³/mol. The van der Waals surface area contributed by atoms with E-state index in [9.17, 15) is 9.90 Å². The smallest absolute Gasteiger partial charge is 0.306 e.